The van der Waals surface area contributed by atoms with E-state index in [4.69, 9.17) is 14.6 Å². The van der Waals surface area contributed by atoms with E-state index in [1.54, 1.807) is 0 Å². The summed E-state index contributed by atoms with van der Waals surface area (Å²) >= 11 is 0. The lowest BCUT2D eigenvalue weighted by Crippen LogP contribution is -2.16. The van der Waals surface area contributed by atoms with Gasteiger partial charge in [0.25, 0.3) is 0 Å². The molecule has 0 heterocycles. The van der Waals surface area contributed by atoms with E-state index < -0.39 is 11.9 Å². The largest absolute Gasteiger partial charge is 0.489 e. The number of carboxylic acids is 2. The number of carbonyl (C=O) groups is 2. The van der Waals surface area contributed by atoms with E-state index in [9.17, 15) is 14.7 Å². The van der Waals surface area contributed by atoms with Crippen molar-refractivity contribution in [3.8, 4) is 22.6 Å². The molecule has 4 rings (SSSR count). The van der Waals surface area contributed by atoms with Gasteiger partial charge in [0.1, 0.15) is 0 Å². The summed E-state index contributed by atoms with van der Waals surface area (Å²) in [6.45, 7) is 4.07. The van der Waals surface area contributed by atoms with Crippen LogP contribution in [0.3, 0.4) is 0 Å². The van der Waals surface area contributed by atoms with Gasteiger partial charge in [0.2, 0.25) is 0 Å². The van der Waals surface area contributed by atoms with Crippen molar-refractivity contribution >= 4 is 33.5 Å². The third kappa shape index (κ3) is 5.77. The van der Waals surface area contributed by atoms with Crippen LogP contribution in [0.1, 0.15) is 26.7 Å². The van der Waals surface area contributed by atoms with Gasteiger partial charge in [0.15, 0.2) is 11.5 Å². The second-order valence-corrected chi connectivity index (χ2v) is 9.35. The molecule has 2 N–H and O–H groups in total. The molecule has 4 aromatic carbocycles. The highest BCUT2D eigenvalue weighted by Crippen LogP contribution is 2.46. The van der Waals surface area contributed by atoms with E-state index in [1.165, 1.54) is 0 Å². The van der Waals surface area contributed by atoms with E-state index in [0.717, 1.165) is 32.7 Å². The van der Waals surface area contributed by atoms with Crippen molar-refractivity contribution in [1.82, 2.24) is 0 Å². The summed E-state index contributed by atoms with van der Waals surface area (Å²) in [7, 11) is 0. The summed E-state index contributed by atoms with van der Waals surface area (Å²) in [5.41, 5.74) is 1.85. The minimum atomic E-state index is -0.877. The van der Waals surface area contributed by atoms with Crippen LogP contribution < -0.4 is 9.47 Å². The molecule has 0 bridgehead atoms. The number of benzene rings is 4. The van der Waals surface area contributed by atoms with Gasteiger partial charge in [-0.15, -0.1) is 0 Å². The van der Waals surface area contributed by atoms with Crippen LogP contribution >= 0.6 is 0 Å². The third-order valence-electron chi connectivity index (χ3n) is 6.11. The summed E-state index contributed by atoms with van der Waals surface area (Å²) in [5.74, 6) is -1.12. The number of hydrogen-bond donors (Lipinski definition) is 2. The average molecular weight is 487 g/mol. The second kappa shape index (κ2) is 11.1. The lowest BCUT2D eigenvalue weighted by molar-refractivity contribution is -0.139. The lowest BCUT2D eigenvalue weighted by Gasteiger charge is -2.22. The standard InChI is InChI=1S/C30H30O6/c1-19(14-27(31)32)17-35-26-16-22-9-4-6-12-24(22)29(30(26)36-18-20(2)15-28(33)34)25-13-7-10-21-8-3-5-11-23(21)25/h3-13,16,19-20H,14-15,17-18H2,1-2H3,(H,31,32)(H,33,34). The Bertz CT molecular complexity index is 1390. The minimum Gasteiger partial charge on any atom is -0.489 e. The van der Waals surface area contributed by atoms with Crippen LogP contribution in [-0.2, 0) is 9.59 Å². The molecule has 0 aliphatic heterocycles. The topological polar surface area (TPSA) is 93.1 Å². The van der Waals surface area contributed by atoms with Crippen LogP contribution in [0.15, 0.2) is 72.8 Å². The van der Waals surface area contributed by atoms with E-state index in [0.29, 0.717) is 11.5 Å². The Balaban J connectivity index is 1.88. The van der Waals surface area contributed by atoms with Gasteiger partial charge in [-0.3, -0.25) is 9.59 Å². The maximum atomic E-state index is 11.2. The molecule has 0 saturated heterocycles. The summed E-state index contributed by atoms with van der Waals surface area (Å²) in [6, 6.07) is 24.1. The monoisotopic (exact) mass is 486 g/mol. The highest BCUT2D eigenvalue weighted by molar-refractivity contribution is 6.08. The molecule has 0 saturated carbocycles. The van der Waals surface area contributed by atoms with Gasteiger partial charge in [0.05, 0.1) is 26.1 Å². The van der Waals surface area contributed by atoms with Crippen molar-refractivity contribution in [3.05, 3.63) is 72.8 Å². The Labute approximate surface area is 210 Å². The first-order valence-electron chi connectivity index (χ1n) is 12.1. The molecule has 36 heavy (non-hydrogen) atoms. The lowest BCUT2D eigenvalue weighted by atomic mass is 9.92. The zero-order valence-corrected chi connectivity index (χ0v) is 20.4. The zero-order chi connectivity index (χ0) is 25.7. The third-order valence-corrected chi connectivity index (χ3v) is 6.11. The molecular weight excluding hydrogens is 456 g/mol. The van der Waals surface area contributed by atoms with Crippen LogP contribution in [0, 0.1) is 11.8 Å². The number of fused-ring (bicyclic) bond motifs is 2. The fourth-order valence-electron chi connectivity index (χ4n) is 4.44. The number of rotatable bonds is 11. The number of hydrogen-bond acceptors (Lipinski definition) is 4. The molecule has 0 aliphatic carbocycles. The smallest absolute Gasteiger partial charge is 0.303 e. The van der Waals surface area contributed by atoms with E-state index in [-0.39, 0.29) is 37.9 Å². The second-order valence-electron chi connectivity index (χ2n) is 9.35. The molecule has 0 aliphatic rings. The normalized spacial score (nSPS) is 12.8. The molecule has 2 unspecified atom stereocenters. The summed E-state index contributed by atoms with van der Waals surface area (Å²) < 4.78 is 12.5. The van der Waals surface area contributed by atoms with Crippen LogP contribution in [0.5, 0.6) is 11.5 Å². The summed E-state index contributed by atoms with van der Waals surface area (Å²) in [6.07, 6.45) is -0.0153. The Morgan fingerprint density at radius 2 is 1.28 bits per heavy atom. The minimum absolute atomic E-state index is 0.00437. The maximum absolute atomic E-state index is 11.2. The Morgan fingerprint density at radius 3 is 1.94 bits per heavy atom. The molecule has 0 amide bonds. The first-order chi connectivity index (χ1) is 17.3. The fourth-order valence-corrected chi connectivity index (χ4v) is 4.44. The summed E-state index contributed by atoms with van der Waals surface area (Å²) in [4.78, 5) is 22.4. The first kappa shape index (κ1) is 25.0. The quantitative estimate of drug-likeness (QED) is 0.247. The molecule has 0 radical (unpaired) electrons. The molecule has 4 aromatic rings. The van der Waals surface area contributed by atoms with E-state index in [2.05, 4.69) is 24.3 Å². The Morgan fingerprint density at radius 1 is 0.722 bits per heavy atom. The molecule has 2 atom stereocenters. The summed E-state index contributed by atoms with van der Waals surface area (Å²) in [5, 5.41) is 22.5. The van der Waals surface area contributed by atoms with Crippen molar-refractivity contribution in [3.63, 3.8) is 0 Å². The van der Waals surface area contributed by atoms with Gasteiger partial charge < -0.3 is 19.7 Å². The van der Waals surface area contributed by atoms with Gasteiger partial charge in [-0.25, -0.2) is 0 Å². The van der Waals surface area contributed by atoms with Crippen LogP contribution in [0.2, 0.25) is 0 Å². The molecule has 0 fully saturated rings. The SMILES string of the molecule is CC(COc1cc2ccccc2c(-c2cccc3ccccc23)c1OCC(C)CC(=O)O)CC(=O)O. The molecule has 6 heteroatoms. The van der Waals surface area contributed by atoms with Crippen molar-refractivity contribution in [1.29, 1.82) is 0 Å². The predicted molar refractivity (Wildman–Crippen MR) is 141 cm³/mol. The predicted octanol–water partition coefficient (Wildman–Crippen LogP) is 6.64. The highest BCUT2D eigenvalue weighted by atomic mass is 16.5. The van der Waals surface area contributed by atoms with Crippen molar-refractivity contribution in [2.24, 2.45) is 11.8 Å². The highest BCUT2D eigenvalue weighted by Gasteiger charge is 2.21. The number of aliphatic carboxylic acids is 2. The Hall–Kier alpha value is -4.06. The van der Waals surface area contributed by atoms with Gasteiger partial charge in [-0.1, -0.05) is 80.6 Å². The van der Waals surface area contributed by atoms with Gasteiger partial charge in [-0.2, -0.15) is 0 Å². The van der Waals surface area contributed by atoms with E-state index in [1.807, 2.05) is 62.4 Å². The van der Waals surface area contributed by atoms with Crippen molar-refractivity contribution in [2.45, 2.75) is 26.7 Å². The maximum Gasteiger partial charge on any atom is 0.303 e. The van der Waals surface area contributed by atoms with Gasteiger partial charge in [-0.05, 0) is 33.2 Å². The van der Waals surface area contributed by atoms with Gasteiger partial charge in [0, 0.05) is 17.4 Å². The van der Waals surface area contributed by atoms with E-state index >= 15 is 0 Å². The first-order valence-corrected chi connectivity index (χ1v) is 12.1. The molecule has 6 nitrogen and oxygen atoms in total. The molecular formula is C30H30O6. The molecule has 0 spiro atoms. The van der Waals surface area contributed by atoms with Gasteiger partial charge >= 0.3 is 11.9 Å². The van der Waals surface area contributed by atoms with Crippen LogP contribution in [0.25, 0.3) is 32.7 Å². The Kier molecular flexibility index (Phi) is 7.74. The van der Waals surface area contributed by atoms with Crippen molar-refractivity contribution < 1.29 is 29.3 Å². The number of ether oxygens (including phenoxy) is 2. The zero-order valence-electron chi connectivity index (χ0n) is 20.4. The van der Waals surface area contributed by atoms with Crippen molar-refractivity contribution in [2.75, 3.05) is 13.2 Å². The fraction of sp³-hybridized carbons (Fsp3) is 0.267. The van der Waals surface area contributed by atoms with Crippen LogP contribution in [-0.4, -0.2) is 35.4 Å². The van der Waals surface area contributed by atoms with Crippen LogP contribution in [0.4, 0.5) is 0 Å². The number of carboxylic acid groups (broad SMARTS) is 2. The molecule has 186 valence electrons. The molecule has 0 aromatic heterocycles. The average Bonchev–Trinajstić information content (AvgIpc) is 2.84.